The summed E-state index contributed by atoms with van der Waals surface area (Å²) in [6.45, 7) is 0.454. The fourth-order valence-corrected chi connectivity index (χ4v) is 1.50. The van der Waals surface area contributed by atoms with E-state index in [9.17, 15) is 13.2 Å². The summed E-state index contributed by atoms with van der Waals surface area (Å²) in [7, 11) is 0. The number of para-hydroxylation sites is 1. The molecule has 0 aliphatic heterocycles. The Labute approximate surface area is 110 Å². The fraction of sp³-hybridized carbons (Fsp3) is 0.455. The quantitative estimate of drug-likeness (QED) is 0.874. The van der Waals surface area contributed by atoms with Crippen LogP contribution in [0.2, 0.25) is 0 Å². The summed E-state index contributed by atoms with van der Waals surface area (Å²) in [6.07, 6.45) is -3.53. The molecule has 0 saturated carbocycles. The van der Waals surface area contributed by atoms with Gasteiger partial charge in [-0.2, -0.15) is 0 Å². The zero-order valence-electron chi connectivity index (χ0n) is 9.61. The Morgan fingerprint density at radius 1 is 1.22 bits per heavy atom. The predicted molar refractivity (Wildman–Crippen MR) is 65.6 cm³/mol. The summed E-state index contributed by atoms with van der Waals surface area (Å²) in [5, 5.41) is 0. The number of nitrogens with two attached hydrogens (primary N) is 2. The number of halogens is 4. The van der Waals surface area contributed by atoms with Gasteiger partial charge in [0.1, 0.15) is 5.75 Å². The molecule has 104 valence electrons. The topological polar surface area (TPSA) is 61.3 Å². The number of ether oxygens (including phenoxy) is 1. The lowest BCUT2D eigenvalue weighted by atomic mass is 10.0. The Bertz CT molecular complexity index is 360. The zero-order valence-corrected chi connectivity index (χ0v) is 10.4. The van der Waals surface area contributed by atoms with Crippen molar-refractivity contribution in [1.82, 2.24) is 0 Å². The highest BCUT2D eigenvalue weighted by Crippen LogP contribution is 2.30. The highest BCUT2D eigenvalue weighted by atomic mass is 35.5. The maximum absolute atomic E-state index is 12.2. The Morgan fingerprint density at radius 3 is 2.39 bits per heavy atom. The lowest BCUT2D eigenvalue weighted by Gasteiger charge is -2.17. The normalized spacial score (nSPS) is 12.7. The van der Waals surface area contributed by atoms with Gasteiger partial charge in [0, 0.05) is 11.6 Å². The van der Waals surface area contributed by atoms with E-state index in [0.717, 1.165) is 0 Å². The molecule has 0 bridgehead atoms. The van der Waals surface area contributed by atoms with E-state index in [1.807, 2.05) is 0 Å². The van der Waals surface area contributed by atoms with Crippen LogP contribution >= 0.6 is 12.4 Å². The second-order valence-corrected chi connectivity index (χ2v) is 3.62. The molecule has 1 aromatic carbocycles. The van der Waals surface area contributed by atoms with Crippen LogP contribution in [0.5, 0.6) is 5.75 Å². The van der Waals surface area contributed by atoms with Crippen molar-refractivity contribution in [3.05, 3.63) is 29.8 Å². The number of rotatable bonds is 5. The van der Waals surface area contributed by atoms with Crippen LogP contribution in [0.25, 0.3) is 0 Å². The molecule has 1 rings (SSSR count). The van der Waals surface area contributed by atoms with Gasteiger partial charge in [-0.3, -0.25) is 0 Å². The first-order chi connectivity index (χ1) is 7.94. The SMILES string of the molecule is Cl.NCCC[C@H](N)c1ccccc1OC(F)(F)F. The molecule has 0 radical (unpaired) electrons. The van der Waals surface area contributed by atoms with Crippen LogP contribution in [0.4, 0.5) is 13.2 Å². The van der Waals surface area contributed by atoms with Crippen LogP contribution in [0, 0.1) is 0 Å². The first-order valence-electron chi connectivity index (χ1n) is 5.24. The molecule has 0 aromatic heterocycles. The first-order valence-corrected chi connectivity index (χ1v) is 5.24. The third-order valence-electron chi connectivity index (χ3n) is 2.26. The van der Waals surface area contributed by atoms with E-state index >= 15 is 0 Å². The number of hydrogen-bond donors (Lipinski definition) is 2. The van der Waals surface area contributed by atoms with E-state index in [1.54, 1.807) is 6.07 Å². The monoisotopic (exact) mass is 284 g/mol. The van der Waals surface area contributed by atoms with Crippen LogP contribution in [-0.2, 0) is 0 Å². The molecule has 3 nitrogen and oxygen atoms in total. The lowest BCUT2D eigenvalue weighted by molar-refractivity contribution is -0.275. The molecule has 0 unspecified atom stereocenters. The fourth-order valence-electron chi connectivity index (χ4n) is 1.50. The van der Waals surface area contributed by atoms with E-state index in [2.05, 4.69) is 4.74 Å². The Hall–Kier alpha value is -0.980. The van der Waals surface area contributed by atoms with Crippen LogP contribution in [0.3, 0.4) is 0 Å². The van der Waals surface area contributed by atoms with Gasteiger partial charge in [-0.1, -0.05) is 18.2 Å². The van der Waals surface area contributed by atoms with Gasteiger partial charge in [0.25, 0.3) is 0 Å². The smallest absolute Gasteiger partial charge is 0.405 e. The van der Waals surface area contributed by atoms with Crippen LogP contribution < -0.4 is 16.2 Å². The highest BCUT2D eigenvalue weighted by molar-refractivity contribution is 5.85. The summed E-state index contributed by atoms with van der Waals surface area (Å²) < 4.78 is 40.4. The third-order valence-corrected chi connectivity index (χ3v) is 2.26. The van der Waals surface area contributed by atoms with E-state index in [4.69, 9.17) is 11.5 Å². The van der Waals surface area contributed by atoms with E-state index in [-0.39, 0.29) is 18.2 Å². The number of alkyl halides is 3. The Morgan fingerprint density at radius 2 is 1.83 bits per heavy atom. The van der Waals surface area contributed by atoms with Gasteiger partial charge in [0.2, 0.25) is 0 Å². The van der Waals surface area contributed by atoms with Crippen molar-refractivity contribution < 1.29 is 17.9 Å². The maximum atomic E-state index is 12.2. The van der Waals surface area contributed by atoms with E-state index in [1.165, 1.54) is 18.2 Å². The number of hydrogen-bond acceptors (Lipinski definition) is 3. The molecular formula is C11H16ClF3N2O. The van der Waals surface area contributed by atoms with Crippen molar-refractivity contribution >= 4 is 12.4 Å². The Balaban J connectivity index is 0.00000289. The molecule has 0 heterocycles. The van der Waals surface area contributed by atoms with Gasteiger partial charge in [-0.15, -0.1) is 25.6 Å². The second kappa shape index (κ2) is 7.45. The molecule has 7 heteroatoms. The average molecular weight is 285 g/mol. The molecule has 0 spiro atoms. The minimum atomic E-state index is -4.70. The average Bonchev–Trinajstić information content (AvgIpc) is 2.24. The van der Waals surface area contributed by atoms with E-state index < -0.39 is 12.4 Å². The minimum Gasteiger partial charge on any atom is -0.405 e. The second-order valence-electron chi connectivity index (χ2n) is 3.62. The van der Waals surface area contributed by atoms with Crippen molar-refractivity contribution in [2.24, 2.45) is 11.5 Å². The molecule has 4 N–H and O–H groups in total. The molecule has 0 fully saturated rings. The van der Waals surface area contributed by atoms with Gasteiger partial charge >= 0.3 is 6.36 Å². The van der Waals surface area contributed by atoms with Crippen molar-refractivity contribution in [3.63, 3.8) is 0 Å². The van der Waals surface area contributed by atoms with Crippen LogP contribution in [-0.4, -0.2) is 12.9 Å². The molecule has 0 aliphatic rings. The summed E-state index contributed by atoms with van der Waals surface area (Å²) in [6, 6.07) is 5.38. The summed E-state index contributed by atoms with van der Waals surface area (Å²) in [4.78, 5) is 0. The highest BCUT2D eigenvalue weighted by Gasteiger charge is 2.32. The Kier molecular flexibility index (Phi) is 7.05. The van der Waals surface area contributed by atoms with Gasteiger partial charge in [0.05, 0.1) is 0 Å². The van der Waals surface area contributed by atoms with Crippen molar-refractivity contribution in [2.45, 2.75) is 25.2 Å². The zero-order chi connectivity index (χ0) is 12.9. The summed E-state index contributed by atoms with van der Waals surface area (Å²) >= 11 is 0. The largest absolute Gasteiger partial charge is 0.573 e. The van der Waals surface area contributed by atoms with Crippen molar-refractivity contribution in [3.8, 4) is 5.75 Å². The summed E-state index contributed by atoms with van der Waals surface area (Å²) in [5.41, 5.74) is 11.5. The standard InChI is InChI=1S/C11H15F3N2O.ClH/c12-11(13,14)17-10-6-2-1-4-8(10)9(16)5-3-7-15;/h1-2,4,6,9H,3,5,7,15-16H2;1H/t9-;/m0./s1. The van der Waals surface area contributed by atoms with Gasteiger partial charge in [-0.25, -0.2) is 0 Å². The molecule has 1 aromatic rings. The molecule has 18 heavy (non-hydrogen) atoms. The maximum Gasteiger partial charge on any atom is 0.573 e. The molecule has 0 amide bonds. The van der Waals surface area contributed by atoms with Crippen molar-refractivity contribution in [1.29, 1.82) is 0 Å². The summed E-state index contributed by atoms with van der Waals surface area (Å²) in [5.74, 6) is -0.246. The van der Waals surface area contributed by atoms with Crippen LogP contribution in [0.15, 0.2) is 24.3 Å². The van der Waals surface area contributed by atoms with Gasteiger partial charge in [0.15, 0.2) is 0 Å². The predicted octanol–water partition coefficient (Wildman–Crippen LogP) is 2.75. The molecular weight excluding hydrogens is 269 g/mol. The van der Waals surface area contributed by atoms with Gasteiger partial charge in [-0.05, 0) is 25.5 Å². The van der Waals surface area contributed by atoms with Crippen LogP contribution in [0.1, 0.15) is 24.4 Å². The minimum absolute atomic E-state index is 0. The molecule has 0 saturated heterocycles. The van der Waals surface area contributed by atoms with Crippen molar-refractivity contribution in [2.75, 3.05) is 6.54 Å². The molecule has 0 aliphatic carbocycles. The molecule has 1 atom stereocenters. The first kappa shape index (κ1) is 17.0. The van der Waals surface area contributed by atoms with E-state index in [0.29, 0.717) is 24.9 Å². The lowest BCUT2D eigenvalue weighted by Crippen LogP contribution is -2.20. The third kappa shape index (κ3) is 5.57. The number of benzene rings is 1. The van der Waals surface area contributed by atoms with Gasteiger partial charge < -0.3 is 16.2 Å².